The highest BCUT2D eigenvalue weighted by Crippen LogP contribution is 2.20. The Morgan fingerprint density at radius 2 is 1.89 bits per heavy atom. The van der Waals surface area contributed by atoms with Crippen molar-refractivity contribution in [1.82, 2.24) is 5.32 Å². The molecule has 4 heteroatoms. The summed E-state index contributed by atoms with van der Waals surface area (Å²) in [6, 6.07) is 10.2. The van der Waals surface area contributed by atoms with Gasteiger partial charge in [0.15, 0.2) is 0 Å². The molecule has 0 bridgehead atoms. The summed E-state index contributed by atoms with van der Waals surface area (Å²) in [5.74, 6) is -1.19. The highest BCUT2D eigenvalue weighted by molar-refractivity contribution is 6.06. The summed E-state index contributed by atoms with van der Waals surface area (Å²) < 4.78 is 0. The molecule has 0 aliphatic rings. The standard InChI is InChI=1S/C15H15NO3/c1-9(2)16-14(17)11-7-6-10-4-3-5-12(15(18)19)13(10)8-11/h3-9H,1-2H3,(H,16,17)(H,18,19). The molecule has 0 atom stereocenters. The molecule has 2 aromatic carbocycles. The molecule has 2 aromatic rings. The zero-order chi connectivity index (χ0) is 14.0. The lowest BCUT2D eigenvalue weighted by Gasteiger charge is -2.09. The summed E-state index contributed by atoms with van der Waals surface area (Å²) in [5, 5.41) is 13.3. The molecule has 0 aliphatic carbocycles. The number of nitrogens with one attached hydrogen (secondary N) is 1. The van der Waals surface area contributed by atoms with Gasteiger partial charge in [0.25, 0.3) is 5.91 Å². The zero-order valence-corrected chi connectivity index (χ0v) is 10.8. The first-order chi connectivity index (χ1) is 8.99. The summed E-state index contributed by atoms with van der Waals surface area (Å²) in [6.07, 6.45) is 0. The number of carbonyl (C=O) groups is 2. The lowest BCUT2D eigenvalue weighted by atomic mass is 10.0. The zero-order valence-electron chi connectivity index (χ0n) is 10.8. The topological polar surface area (TPSA) is 66.4 Å². The van der Waals surface area contributed by atoms with Crippen LogP contribution in [0.25, 0.3) is 10.8 Å². The minimum Gasteiger partial charge on any atom is -0.478 e. The van der Waals surface area contributed by atoms with E-state index in [9.17, 15) is 9.59 Å². The van der Waals surface area contributed by atoms with Crippen LogP contribution in [0.4, 0.5) is 0 Å². The molecule has 2 N–H and O–H groups in total. The number of benzene rings is 2. The van der Waals surface area contributed by atoms with Crippen molar-refractivity contribution >= 4 is 22.6 Å². The Morgan fingerprint density at radius 1 is 1.16 bits per heavy atom. The number of amides is 1. The van der Waals surface area contributed by atoms with E-state index in [1.54, 1.807) is 24.3 Å². The minimum absolute atomic E-state index is 0.0397. The molecule has 0 spiro atoms. The molecule has 0 aliphatic heterocycles. The van der Waals surface area contributed by atoms with Crippen molar-refractivity contribution in [2.75, 3.05) is 0 Å². The van der Waals surface area contributed by atoms with Crippen LogP contribution in [-0.2, 0) is 0 Å². The predicted molar refractivity (Wildman–Crippen MR) is 73.5 cm³/mol. The second-order valence-corrected chi connectivity index (χ2v) is 4.67. The van der Waals surface area contributed by atoms with Crippen LogP contribution < -0.4 is 5.32 Å². The van der Waals surface area contributed by atoms with E-state index in [1.165, 1.54) is 6.07 Å². The molecule has 0 heterocycles. The summed E-state index contributed by atoms with van der Waals surface area (Å²) in [7, 11) is 0. The number of carbonyl (C=O) groups excluding carboxylic acids is 1. The second kappa shape index (κ2) is 5.10. The SMILES string of the molecule is CC(C)NC(=O)c1ccc2cccc(C(=O)O)c2c1. The number of aromatic carboxylic acids is 1. The molecule has 0 saturated heterocycles. The number of hydrogen-bond acceptors (Lipinski definition) is 2. The fourth-order valence-electron chi connectivity index (χ4n) is 1.95. The van der Waals surface area contributed by atoms with Crippen LogP contribution in [-0.4, -0.2) is 23.0 Å². The summed E-state index contributed by atoms with van der Waals surface area (Å²) in [4.78, 5) is 23.1. The second-order valence-electron chi connectivity index (χ2n) is 4.67. The van der Waals surface area contributed by atoms with Crippen LogP contribution in [0.1, 0.15) is 34.6 Å². The largest absolute Gasteiger partial charge is 0.478 e. The van der Waals surface area contributed by atoms with Crippen molar-refractivity contribution < 1.29 is 14.7 Å². The quantitative estimate of drug-likeness (QED) is 0.888. The number of fused-ring (bicyclic) bond motifs is 1. The molecule has 0 saturated carbocycles. The van der Waals surface area contributed by atoms with Crippen LogP contribution in [0.5, 0.6) is 0 Å². The van der Waals surface area contributed by atoms with Gasteiger partial charge in [0.05, 0.1) is 5.56 Å². The Kier molecular flexibility index (Phi) is 3.51. The van der Waals surface area contributed by atoms with E-state index < -0.39 is 5.97 Å². The number of rotatable bonds is 3. The van der Waals surface area contributed by atoms with E-state index in [0.29, 0.717) is 10.9 Å². The average molecular weight is 257 g/mol. The van der Waals surface area contributed by atoms with Gasteiger partial charge in [0, 0.05) is 11.6 Å². The monoisotopic (exact) mass is 257 g/mol. The van der Waals surface area contributed by atoms with Gasteiger partial charge in [-0.1, -0.05) is 18.2 Å². The van der Waals surface area contributed by atoms with Crippen LogP contribution in [0.3, 0.4) is 0 Å². The fourth-order valence-corrected chi connectivity index (χ4v) is 1.95. The van der Waals surface area contributed by atoms with E-state index in [-0.39, 0.29) is 17.5 Å². The van der Waals surface area contributed by atoms with E-state index >= 15 is 0 Å². The third kappa shape index (κ3) is 2.73. The van der Waals surface area contributed by atoms with Crippen molar-refractivity contribution in [3.63, 3.8) is 0 Å². The van der Waals surface area contributed by atoms with Gasteiger partial charge in [-0.3, -0.25) is 4.79 Å². The van der Waals surface area contributed by atoms with Gasteiger partial charge in [-0.15, -0.1) is 0 Å². The first kappa shape index (κ1) is 13.1. The molecular formula is C15H15NO3. The average Bonchev–Trinajstić information content (AvgIpc) is 2.36. The maximum atomic E-state index is 11.9. The summed E-state index contributed by atoms with van der Waals surface area (Å²) in [6.45, 7) is 3.75. The van der Waals surface area contributed by atoms with Crippen molar-refractivity contribution in [2.24, 2.45) is 0 Å². The highest BCUT2D eigenvalue weighted by Gasteiger charge is 2.12. The molecule has 19 heavy (non-hydrogen) atoms. The van der Waals surface area contributed by atoms with Crippen molar-refractivity contribution in [2.45, 2.75) is 19.9 Å². The predicted octanol–water partition coefficient (Wildman–Crippen LogP) is 2.68. The lowest BCUT2D eigenvalue weighted by molar-refractivity contribution is 0.0698. The third-order valence-corrected chi connectivity index (χ3v) is 2.79. The Balaban J connectivity index is 2.52. The molecule has 0 radical (unpaired) electrons. The molecule has 1 amide bonds. The number of hydrogen-bond donors (Lipinski definition) is 2. The van der Waals surface area contributed by atoms with E-state index in [1.807, 2.05) is 19.9 Å². The molecule has 98 valence electrons. The molecule has 0 unspecified atom stereocenters. The molecular weight excluding hydrogens is 242 g/mol. The van der Waals surface area contributed by atoms with E-state index in [4.69, 9.17) is 5.11 Å². The van der Waals surface area contributed by atoms with Gasteiger partial charge in [-0.2, -0.15) is 0 Å². The Labute approximate surface area is 111 Å². The maximum absolute atomic E-state index is 11.9. The minimum atomic E-state index is -0.994. The summed E-state index contributed by atoms with van der Waals surface area (Å²) >= 11 is 0. The van der Waals surface area contributed by atoms with Gasteiger partial charge in [0.1, 0.15) is 0 Å². The van der Waals surface area contributed by atoms with Gasteiger partial charge >= 0.3 is 5.97 Å². The third-order valence-electron chi connectivity index (χ3n) is 2.79. The molecule has 0 fully saturated rings. The summed E-state index contributed by atoms with van der Waals surface area (Å²) in [5.41, 5.74) is 0.673. The number of carboxylic acids is 1. The first-order valence-electron chi connectivity index (χ1n) is 6.06. The van der Waals surface area contributed by atoms with E-state index in [0.717, 1.165) is 5.39 Å². The smallest absolute Gasteiger partial charge is 0.336 e. The molecule has 4 nitrogen and oxygen atoms in total. The Bertz CT molecular complexity index is 647. The normalized spacial score (nSPS) is 10.7. The van der Waals surface area contributed by atoms with Crippen LogP contribution >= 0.6 is 0 Å². The van der Waals surface area contributed by atoms with Gasteiger partial charge in [0.2, 0.25) is 0 Å². The maximum Gasteiger partial charge on any atom is 0.336 e. The Morgan fingerprint density at radius 3 is 2.53 bits per heavy atom. The van der Waals surface area contributed by atoms with Crippen LogP contribution in [0, 0.1) is 0 Å². The van der Waals surface area contributed by atoms with Crippen molar-refractivity contribution in [3.05, 3.63) is 47.5 Å². The van der Waals surface area contributed by atoms with Gasteiger partial charge < -0.3 is 10.4 Å². The van der Waals surface area contributed by atoms with E-state index in [2.05, 4.69) is 5.32 Å². The first-order valence-corrected chi connectivity index (χ1v) is 6.06. The van der Waals surface area contributed by atoms with Crippen LogP contribution in [0.2, 0.25) is 0 Å². The van der Waals surface area contributed by atoms with Crippen molar-refractivity contribution in [3.8, 4) is 0 Å². The van der Waals surface area contributed by atoms with Gasteiger partial charge in [-0.25, -0.2) is 4.79 Å². The Hall–Kier alpha value is -2.36. The molecule has 0 aromatic heterocycles. The van der Waals surface area contributed by atoms with Gasteiger partial charge in [-0.05, 0) is 42.8 Å². The highest BCUT2D eigenvalue weighted by atomic mass is 16.4. The number of carboxylic acid groups (broad SMARTS) is 1. The lowest BCUT2D eigenvalue weighted by Crippen LogP contribution is -2.30. The van der Waals surface area contributed by atoms with Crippen molar-refractivity contribution in [1.29, 1.82) is 0 Å². The van der Waals surface area contributed by atoms with Crippen LogP contribution in [0.15, 0.2) is 36.4 Å². The molecule has 2 rings (SSSR count). The fraction of sp³-hybridized carbons (Fsp3) is 0.200.